The molecule has 15 nitrogen and oxygen atoms in total. The van der Waals surface area contributed by atoms with E-state index in [-0.39, 0.29) is 40.4 Å². The van der Waals surface area contributed by atoms with Crippen LogP contribution in [0.4, 0.5) is 21.0 Å². The third kappa shape index (κ3) is 11.5. The fourth-order valence-corrected chi connectivity index (χ4v) is 12.7. The summed E-state index contributed by atoms with van der Waals surface area (Å²) in [5, 5.41) is 18.5. The molecule has 3 atom stereocenters. The van der Waals surface area contributed by atoms with Crippen LogP contribution in [-0.2, 0) is 19.1 Å². The number of hydrogen-bond donors (Lipinski definition) is 5. The number of aliphatic hydroxyl groups is 1. The van der Waals surface area contributed by atoms with Crippen molar-refractivity contribution in [2.45, 2.75) is 130 Å². The Hall–Kier alpha value is -5.09. The first-order valence-electron chi connectivity index (χ1n) is 19.7. The first kappa shape index (κ1) is 47.3. The highest BCUT2D eigenvalue weighted by atomic mass is 28.4. The molecule has 320 valence electrons. The van der Waals surface area contributed by atoms with Gasteiger partial charge in [0.25, 0.3) is 20.1 Å². The molecule has 2 aromatic rings. The van der Waals surface area contributed by atoms with Crippen LogP contribution in [0.3, 0.4) is 0 Å². The summed E-state index contributed by atoms with van der Waals surface area (Å²) >= 11 is 0. The first-order valence-corrected chi connectivity index (χ1v) is 21.8. The Morgan fingerprint density at radius 3 is 1.95 bits per heavy atom. The van der Waals surface area contributed by atoms with Gasteiger partial charge in [-0.1, -0.05) is 67.5 Å². The van der Waals surface area contributed by atoms with E-state index in [2.05, 4.69) is 57.5 Å². The average Bonchev–Trinajstić information content (AvgIpc) is 3.56. The summed E-state index contributed by atoms with van der Waals surface area (Å²) in [6.45, 7) is 22.7. The number of aliphatic hydroxyl groups excluding tert-OH is 1. The Morgan fingerprint density at radius 1 is 0.879 bits per heavy atom. The molecule has 3 rings (SSSR count). The van der Waals surface area contributed by atoms with E-state index in [1.807, 2.05) is 0 Å². The lowest BCUT2D eigenvalue weighted by atomic mass is 10.0. The summed E-state index contributed by atoms with van der Waals surface area (Å²) in [7, 11) is -1.01. The number of ether oxygens (including phenoxy) is 3. The van der Waals surface area contributed by atoms with E-state index in [0.717, 1.165) is 11.1 Å². The Bertz CT molecular complexity index is 1820. The summed E-state index contributed by atoms with van der Waals surface area (Å²) in [5.74, 6) is -1.29. The molecule has 0 unspecified atom stereocenters. The van der Waals surface area contributed by atoms with Crippen LogP contribution in [0.25, 0.3) is 5.57 Å². The zero-order valence-corrected chi connectivity index (χ0v) is 37.1. The van der Waals surface area contributed by atoms with Crippen molar-refractivity contribution in [2.75, 3.05) is 24.4 Å². The number of amides is 5. The van der Waals surface area contributed by atoms with Gasteiger partial charge in [0.15, 0.2) is 11.9 Å². The second-order valence-electron chi connectivity index (χ2n) is 16.9. The number of hydrogen-bond acceptors (Lipinski definition) is 10. The molecule has 0 aliphatic carbocycles. The molecule has 5 amide bonds. The van der Waals surface area contributed by atoms with Crippen molar-refractivity contribution in [1.29, 1.82) is 0 Å². The molecule has 1 aliphatic rings. The Labute approximate surface area is 343 Å². The van der Waals surface area contributed by atoms with Crippen molar-refractivity contribution in [3.05, 3.63) is 53.7 Å². The fourth-order valence-electron chi connectivity index (χ4n) is 7.42. The maximum absolute atomic E-state index is 14.5. The smallest absolute Gasteiger partial charge is 0.412 e. The van der Waals surface area contributed by atoms with E-state index in [1.165, 1.54) is 18.9 Å². The van der Waals surface area contributed by atoms with Crippen molar-refractivity contribution in [3.63, 3.8) is 0 Å². The zero-order valence-electron chi connectivity index (χ0n) is 36.1. The van der Waals surface area contributed by atoms with Gasteiger partial charge in [-0.05, 0) is 86.0 Å². The van der Waals surface area contributed by atoms with Crippen molar-refractivity contribution in [1.82, 2.24) is 10.2 Å². The second-order valence-corrected chi connectivity index (χ2v) is 22.3. The third-order valence-electron chi connectivity index (χ3n) is 10.1. The number of methoxy groups -OCH3 is 1. The van der Waals surface area contributed by atoms with Gasteiger partial charge in [0, 0.05) is 18.0 Å². The molecule has 0 saturated heterocycles. The van der Waals surface area contributed by atoms with Crippen LogP contribution in [0, 0.1) is 5.92 Å². The van der Waals surface area contributed by atoms with E-state index in [1.54, 1.807) is 77.2 Å². The topological polar surface area (TPSA) is 208 Å². The molecule has 2 aromatic carbocycles. The van der Waals surface area contributed by atoms with Crippen LogP contribution in [0.2, 0.25) is 16.6 Å². The van der Waals surface area contributed by atoms with E-state index in [9.17, 15) is 29.1 Å². The van der Waals surface area contributed by atoms with Crippen molar-refractivity contribution < 1.29 is 47.7 Å². The highest BCUT2D eigenvalue weighted by molar-refractivity contribution is 6.78. The lowest BCUT2D eigenvalue weighted by molar-refractivity contribution is -0.134. The summed E-state index contributed by atoms with van der Waals surface area (Å²) in [6, 6.07) is 8.47. The largest absolute Gasteiger partial charge is 0.540 e. The summed E-state index contributed by atoms with van der Waals surface area (Å²) in [4.78, 5) is 66.0. The van der Waals surface area contributed by atoms with E-state index < -0.39 is 62.0 Å². The molecule has 1 aliphatic heterocycles. The van der Waals surface area contributed by atoms with Gasteiger partial charge in [0.2, 0.25) is 5.91 Å². The predicted molar refractivity (Wildman–Crippen MR) is 226 cm³/mol. The molecule has 16 heteroatoms. The SMILES string of the molecule is COc1cc(C(=O)N2C=C(c3ccc(NC(=O)[C@H](C)NC(=O)[C@@H](OC(N)=O)C(C)C)cc3)C[C@H]2CO)c(NC(=O)OC(C)(C)C)cc1O[Si](C(C)C)(C(C)C)C(C)C. The lowest BCUT2D eigenvalue weighted by Crippen LogP contribution is -2.50. The zero-order chi connectivity index (χ0) is 43.9. The maximum atomic E-state index is 14.5. The normalized spacial score (nSPS) is 15.5. The third-order valence-corrected chi connectivity index (χ3v) is 16.1. The van der Waals surface area contributed by atoms with Gasteiger partial charge in [-0.2, -0.15) is 0 Å². The molecule has 0 radical (unpaired) electrons. The molecular weight excluding hydrogens is 763 g/mol. The molecule has 1 heterocycles. The standard InChI is InChI=1S/C42H63N5O10Si/c1-23(2)36(55-40(43)52)38(50)44-27(9)37(49)45-30-16-14-28(15-17-30)29-18-31(22-48)47(21-29)39(51)32-19-34(54-13)35(20-33(32)46-41(53)56-42(10,11)12)57-58(24(3)4,25(5)6)26(7)8/h14-17,19-21,23-27,31,36,48H,18,22H2,1-13H3,(H2,43,52)(H,44,50)(H,45,49)(H,46,53)/t27-,31-,36-/m0/s1. The molecule has 6 N–H and O–H groups in total. The van der Waals surface area contributed by atoms with Gasteiger partial charge in [0.1, 0.15) is 17.4 Å². The van der Waals surface area contributed by atoms with Crippen LogP contribution < -0.4 is 30.8 Å². The number of nitrogens with one attached hydrogen (secondary N) is 3. The van der Waals surface area contributed by atoms with E-state index in [4.69, 9.17) is 24.4 Å². The Morgan fingerprint density at radius 2 is 1.47 bits per heavy atom. The van der Waals surface area contributed by atoms with Crippen LogP contribution in [-0.4, -0.2) is 85.7 Å². The Balaban J connectivity index is 1.95. The molecular formula is C42H63N5O10Si. The van der Waals surface area contributed by atoms with Gasteiger partial charge in [-0.3, -0.25) is 19.7 Å². The minimum atomic E-state index is -2.51. The van der Waals surface area contributed by atoms with Crippen LogP contribution in [0.15, 0.2) is 42.6 Å². The van der Waals surface area contributed by atoms with Crippen molar-refractivity contribution in [3.8, 4) is 11.5 Å². The number of benzene rings is 2. The minimum Gasteiger partial charge on any atom is -0.540 e. The number of rotatable bonds is 16. The van der Waals surface area contributed by atoms with E-state index in [0.29, 0.717) is 23.6 Å². The highest BCUT2D eigenvalue weighted by Crippen LogP contribution is 2.46. The Kier molecular flexibility index (Phi) is 16.0. The molecule has 0 fully saturated rings. The van der Waals surface area contributed by atoms with Gasteiger partial charge in [0.05, 0.1) is 31.0 Å². The minimum absolute atomic E-state index is 0.108. The molecule has 0 spiro atoms. The monoisotopic (exact) mass is 825 g/mol. The number of anilines is 2. The maximum Gasteiger partial charge on any atom is 0.412 e. The van der Waals surface area contributed by atoms with Gasteiger partial charge >= 0.3 is 12.2 Å². The number of carbonyl (C=O) groups is 5. The van der Waals surface area contributed by atoms with Gasteiger partial charge in [-0.25, -0.2) is 9.59 Å². The number of nitrogens with two attached hydrogens (primary N) is 1. The first-order chi connectivity index (χ1) is 26.9. The molecule has 0 aromatic heterocycles. The second kappa shape index (κ2) is 19.6. The number of carbonyl (C=O) groups excluding carboxylic acids is 5. The van der Waals surface area contributed by atoms with E-state index >= 15 is 0 Å². The molecule has 58 heavy (non-hydrogen) atoms. The molecule has 0 bridgehead atoms. The van der Waals surface area contributed by atoms with Gasteiger partial charge < -0.3 is 45.0 Å². The lowest BCUT2D eigenvalue weighted by Gasteiger charge is -2.42. The van der Waals surface area contributed by atoms with Crippen LogP contribution in [0.1, 0.15) is 105 Å². The highest BCUT2D eigenvalue weighted by Gasteiger charge is 2.48. The van der Waals surface area contributed by atoms with Crippen LogP contribution >= 0.6 is 0 Å². The molecule has 0 saturated carbocycles. The number of primary amides is 1. The predicted octanol–water partition coefficient (Wildman–Crippen LogP) is 7.41. The van der Waals surface area contributed by atoms with Crippen LogP contribution in [0.5, 0.6) is 11.5 Å². The fraction of sp³-hybridized carbons (Fsp3) is 0.548. The van der Waals surface area contributed by atoms with Crippen molar-refractivity contribution >= 4 is 55.2 Å². The van der Waals surface area contributed by atoms with Gasteiger partial charge in [-0.15, -0.1) is 0 Å². The number of nitrogens with zero attached hydrogens (tertiary/aromatic N) is 1. The summed E-state index contributed by atoms with van der Waals surface area (Å²) in [6.07, 6.45) is -1.02. The quantitative estimate of drug-likeness (QED) is 0.106. The average molecular weight is 826 g/mol. The summed E-state index contributed by atoms with van der Waals surface area (Å²) < 4.78 is 23.3. The summed E-state index contributed by atoms with van der Waals surface area (Å²) in [5.41, 5.74) is 7.18. The van der Waals surface area contributed by atoms with Crippen molar-refractivity contribution in [2.24, 2.45) is 11.7 Å².